The van der Waals surface area contributed by atoms with Crippen LogP contribution in [0.25, 0.3) is 5.76 Å². The quantitative estimate of drug-likeness (QED) is 0.340. The van der Waals surface area contributed by atoms with Crippen molar-refractivity contribution in [2.75, 3.05) is 46.5 Å². The molecule has 7 nitrogen and oxygen atoms in total. The van der Waals surface area contributed by atoms with Gasteiger partial charge in [-0.25, -0.2) is 0 Å². The summed E-state index contributed by atoms with van der Waals surface area (Å²) < 4.78 is 10.8. The molecule has 2 aromatic rings. The minimum atomic E-state index is -0.652. The van der Waals surface area contributed by atoms with Crippen LogP contribution in [-0.2, 0) is 19.7 Å². The zero-order valence-corrected chi connectivity index (χ0v) is 22.5. The molecule has 0 aliphatic carbocycles. The summed E-state index contributed by atoms with van der Waals surface area (Å²) in [5, 5.41) is 11.4. The molecule has 0 spiro atoms. The fraction of sp³-hybridized carbons (Fsp3) is 0.467. The number of likely N-dealkylation sites (tertiary alicyclic amines) is 1. The topological polar surface area (TPSA) is 79.3 Å². The summed E-state index contributed by atoms with van der Waals surface area (Å²) in [5.41, 5.74) is 3.39. The number of benzene rings is 2. The highest BCUT2D eigenvalue weighted by Crippen LogP contribution is 2.40. The van der Waals surface area contributed by atoms with E-state index < -0.39 is 17.7 Å². The van der Waals surface area contributed by atoms with Gasteiger partial charge < -0.3 is 19.5 Å². The summed E-state index contributed by atoms with van der Waals surface area (Å²) in [5.74, 6) is -0.694. The van der Waals surface area contributed by atoms with E-state index in [0.717, 1.165) is 42.7 Å². The van der Waals surface area contributed by atoms with Crippen molar-refractivity contribution in [3.63, 3.8) is 0 Å². The molecule has 2 fully saturated rings. The van der Waals surface area contributed by atoms with Crippen LogP contribution in [0.1, 0.15) is 55.5 Å². The van der Waals surface area contributed by atoms with Crippen molar-refractivity contribution >= 4 is 17.4 Å². The first-order valence-electron chi connectivity index (χ1n) is 13.0. The molecule has 0 aromatic heterocycles. The monoisotopic (exact) mass is 506 g/mol. The average molecular weight is 507 g/mol. The zero-order chi connectivity index (χ0) is 26.7. The Kier molecular flexibility index (Phi) is 8.05. The van der Waals surface area contributed by atoms with Gasteiger partial charge in [0.15, 0.2) is 0 Å². The number of aliphatic hydroxyl groups excluding tert-OH is 1. The van der Waals surface area contributed by atoms with Gasteiger partial charge in [0.2, 0.25) is 0 Å². The Labute approximate surface area is 219 Å². The lowest BCUT2D eigenvalue weighted by molar-refractivity contribution is -0.140. The Morgan fingerprint density at radius 1 is 1.05 bits per heavy atom. The van der Waals surface area contributed by atoms with Crippen molar-refractivity contribution in [3.8, 4) is 5.75 Å². The summed E-state index contributed by atoms with van der Waals surface area (Å²) in [7, 11) is 1.59. The number of Topliss-reactive ketones (excluding diaryl/α,β-unsaturated/α-hetero) is 1. The molecule has 4 rings (SSSR count). The Bertz CT molecular complexity index is 1170. The third-order valence-electron chi connectivity index (χ3n) is 7.28. The van der Waals surface area contributed by atoms with Crippen LogP contribution in [0.3, 0.4) is 0 Å². The second kappa shape index (κ2) is 11.1. The summed E-state index contributed by atoms with van der Waals surface area (Å²) in [6.45, 7) is 12.7. The summed E-state index contributed by atoms with van der Waals surface area (Å²) in [6.07, 6.45) is 0.727. The minimum absolute atomic E-state index is 0.0287. The van der Waals surface area contributed by atoms with Crippen molar-refractivity contribution in [1.29, 1.82) is 0 Å². The van der Waals surface area contributed by atoms with Crippen molar-refractivity contribution in [1.82, 2.24) is 9.80 Å². The maximum atomic E-state index is 13.4. The van der Waals surface area contributed by atoms with Gasteiger partial charge in [0.25, 0.3) is 11.7 Å². The predicted octanol–water partition coefficient (Wildman–Crippen LogP) is 4.45. The van der Waals surface area contributed by atoms with Crippen LogP contribution >= 0.6 is 0 Å². The van der Waals surface area contributed by atoms with Crippen LogP contribution in [0, 0.1) is 6.92 Å². The number of aliphatic hydroxyl groups is 1. The Balaban J connectivity index is 1.71. The Morgan fingerprint density at radius 2 is 1.73 bits per heavy atom. The first-order valence-corrected chi connectivity index (χ1v) is 13.0. The average Bonchev–Trinajstić information content (AvgIpc) is 3.13. The molecule has 2 heterocycles. The largest absolute Gasteiger partial charge is 0.507 e. The third kappa shape index (κ3) is 5.73. The first-order chi connectivity index (χ1) is 17.6. The van der Waals surface area contributed by atoms with Crippen molar-refractivity contribution in [2.45, 2.75) is 45.6 Å². The number of carbonyl (C=O) groups is 2. The fourth-order valence-electron chi connectivity index (χ4n) is 5.09. The molecule has 0 bridgehead atoms. The van der Waals surface area contributed by atoms with E-state index in [1.54, 1.807) is 30.2 Å². The van der Waals surface area contributed by atoms with Gasteiger partial charge in [-0.2, -0.15) is 0 Å². The predicted molar refractivity (Wildman–Crippen MR) is 144 cm³/mol. The van der Waals surface area contributed by atoms with E-state index in [4.69, 9.17) is 9.47 Å². The van der Waals surface area contributed by atoms with Gasteiger partial charge in [0.05, 0.1) is 31.9 Å². The van der Waals surface area contributed by atoms with Crippen LogP contribution in [0.15, 0.2) is 48.0 Å². The molecule has 2 aliphatic heterocycles. The SMILES string of the molecule is COc1ccc(/C(O)=C2\C(=O)C(=O)N(CCCN3CCOCC3)[C@@H]2c2ccc(C(C)(C)C)cc2)cc1C. The van der Waals surface area contributed by atoms with Crippen LogP contribution < -0.4 is 4.74 Å². The fourth-order valence-corrected chi connectivity index (χ4v) is 5.09. The zero-order valence-electron chi connectivity index (χ0n) is 22.5. The molecule has 1 atom stereocenters. The number of nitrogens with zero attached hydrogens (tertiary/aromatic N) is 2. The number of ketones is 1. The van der Waals surface area contributed by atoms with E-state index in [-0.39, 0.29) is 16.7 Å². The maximum absolute atomic E-state index is 13.4. The van der Waals surface area contributed by atoms with E-state index in [9.17, 15) is 14.7 Å². The smallest absolute Gasteiger partial charge is 0.295 e. The van der Waals surface area contributed by atoms with Crippen LogP contribution in [0.5, 0.6) is 5.75 Å². The summed E-state index contributed by atoms with van der Waals surface area (Å²) >= 11 is 0. The number of aryl methyl sites for hydroxylation is 1. The van der Waals surface area contributed by atoms with Gasteiger partial charge >= 0.3 is 0 Å². The van der Waals surface area contributed by atoms with Gasteiger partial charge in [-0.1, -0.05) is 45.0 Å². The molecule has 37 heavy (non-hydrogen) atoms. The normalized spacial score (nSPS) is 20.5. The number of morpholine rings is 1. The molecule has 0 radical (unpaired) electrons. The van der Waals surface area contributed by atoms with Crippen LogP contribution in [0.4, 0.5) is 0 Å². The molecule has 1 N–H and O–H groups in total. The van der Waals surface area contributed by atoms with Crippen molar-refractivity contribution in [2.24, 2.45) is 0 Å². The van der Waals surface area contributed by atoms with Crippen LogP contribution in [0.2, 0.25) is 0 Å². The molecule has 2 saturated heterocycles. The summed E-state index contributed by atoms with van der Waals surface area (Å²) in [6, 6.07) is 12.6. The van der Waals surface area contributed by atoms with E-state index in [0.29, 0.717) is 31.1 Å². The van der Waals surface area contributed by atoms with Gasteiger partial charge in [0, 0.05) is 31.7 Å². The highest BCUT2D eigenvalue weighted by molar-refractivity contribution is 6.46. The number of amides is 1. The number of methoxy groups -OCH3 is 1. The number of rotatable bonds is 7. The molecule has 2 aliphatic rings. The van der Waals surface area contributed by atoms with Gasteiger partial charge in [0.1, 0.15) is 11.5 Å². The molecular weight excluding hydrogens is 468 g/mol. The van der Waals surface area contributed by atoms with Gasteiger partial charge in [-0.15, -0.1) is 0 Å². The lowest BCUT2D eigenvalue weighted by atomic mass is 9.85. The number of hydrogen-bond donors (Lipinski definition) is 1. The number of hydrogen-bond acceptors (Lipinski definition) is 6. The minimum Gasteiger partial charge on any atom is -0.507 e. The van der Waals surface area contributed by atoms with E-state index >= 15 is 0 Å². The molecule has 0 saturated carbocycles. The molecular formula is C30H38N2O5. The van der Waals surface area contributed by atoms with Gasteiger partial charge in [-0.3, -0.25) is 14.5 Å². The number of carbonyl (C=O) groups excluding carboxylic acids is 2. The molecule has 0 unspecified atom stereocenters. The Morgan fingerprint density at radius 3 is 2.32 bits per heavy atom. The third-order valence-corrected chi connectivity index (χ3v) is 7.28. The first kappa shape index (κ1) is 26.9. The van der Waals surface area contributed by atoms with Crippen molar-refractivity contribution in [3.05, 3.63) is 70.3 Å². The standard InChI is InChI=1S/C30H38N2O5/c1-20-19-22(9-12-24(20)36-5)27(33)25-26(21-7-10-23(11-8-21)30(2,3)4)32(29(35)28(25)34)14-6-13-31-15-17-37-18-16-31/h7-12,19,26,33H,6,13-18H2,1-5H3/b27-25+/t26-/m1/s1. The van der Waals surface area contributed by atoms with E-state index in [1.165, 1.54) is 0 Å². The van der Waals surface area contributed by atoms with Gasteiger partial charge in [-0.05, 0) is 53.6 Å². The highest BCUT2D eigenvalue weighted by atomic mass is 16.5. The Hall–Kier alpha value is -3.16. The maximum Gasteiger partial charge on any atom is 0.295 e. The summed E-state index contributed by atoms with van der Waals surface area (Å²) in [4.78, 5) is 30.6. The second-order valence-electron chi connectivity index (χ2n) is 10.9. The molecule has 7 heteroatoms. The lowest BCUT2D eigenvalue weighted by Crippen LogP contribution is -2.39. The lowest BCUT2D eigenvalue weighted by Gasteiger charge is -2.29. The molecule has 198 valence electrons. The molecule has 2 aromatic carbocycles. The molecule has 1 amide bonds. The van der Waals surface area contributed by atoms with E-state index in [1.807, 2.05) is 31.2 Å². The van der Waals surface area contributed by atoms with Crippen LogP contribution in [-0.4, -0.2) is 73.1 Å². The number of ether oxygens (including phenoxy) is 2. The highest BCUT2D eigenvalue weighted by Gasteiger charge is 2.46. The second-order valence-corrected chi connectivity index (χ2v) is 10.9. The van der Waals surface area contributed by atoms with Crippen molar-refractivity contribution < 1.29 is 24.2 Å². The van der Waals surface area contributed by atoms with E-state index in [2.05, 4.69) is 25.7 Å².